The lowest BCUT2D eigenvalue weighted by Gasteiger charge is -2.25. The van der Waals surface area contributed by atoms with Gasteiger partial charge in [-0.2, -0.15) is 0 Å². The monoisotopic (exact) mass is 575 g/mol. The van der Waals surface area contributed by atoms with Gasteiger partial charge in [0.1, 0.15) is 12.1 Å². The van der Waals surface area contributed by atoms with E-state index in [0.717, 1.165) is 21.6 Å². The van der Waals surface area contributed by atoms with Crippen molar-refractivity contribution in [3.63, 3.8) is 0 Å². The van der Waals surface area contributed by atoms with Crippen LogP contribution in [0.15, 0.2) is 89.8 Å². The van der Waals surface area contributed by atoms with Crippen molar-refractivity contribution in [3.8, 4) is 0 Å². The van der Waals surface area contributed by atoms with Gasteiger partial charge in [0.15, 0.2) is 5.37 Å². The summed E-state index contributed by atoms with van der Waals surface area (Å²) in [7, 11) is 0. The number of amides is 3. The molecule has 0 aromatic heterocycles. The third-order valence-electron chi connectivity index (χ3n) is 7.06. The molecule has 1 aliphatic heterocycles. The minimum atomic E-state index is -1.04. The number of nitrogens with one attached hydrogen (secondary N) is 3. The molecule has 4 N–H and O–H groups in total. The van der Waals surface area contributed by atoms with Gasteiger partial charge >= 0.3 is 6.09 Å². The minimum Gasteiger partial charge on any atom is -0.444 e. The summed E-state index contributed by atoms with van der Waals surface area (Å²) >= 11 is 1.17. The number of aliphatic hydroxyl groups excluding tert-OH is 1. The van der Waals surface area contributed by atoms with Crippen LogP contribution < -0.4 is 16.0 Å². The van der Waals surface area contributed by atoms with Gasteiger partial charge in [0.2, 0.25) is 5.91 Å². The second-order valence-corrected chi connectivity index (χ2v) is 11.2. The summed E-state index contributed by atoms with van der Waals surface area (Å²) in [6.07, 6.45) is -0.656. The standard InChI is InChI=1S/C31H33N3O6S/c35-26-18-21-11-7-8-14-24(21)27(26)33-29(37)30(41-23-12-5-2-6-13-23)34-28(36)25(17-20-9-3-1-4-10-20)32-31(38)40-22-15-16-39-19-22/h1-14,22,25-27,30,35H,15-19H2,(H,32,38)(H,33,37)(H,34,36)/t22-,25-,26+,27-,30?/m0/s1. The van der Waals surface area contributed by atoms with Crippen molar-refractivity contribution in [1.29, 1.82) is 0 Å². The molecular formula is C31H33N3O6S. The zero-order chi connectivity index (χ0) is 28.6. The highest BCUT2D eigenvalue weighted by Gasteiger charge is 2.35. The molecule has 1 aliphatic carbocycles. The molecule has 3 amide bonds. The number of fused-ring (bicyclic) bond motifs is 1. The van der Waals surface area contributed by atoms with Crippen molar-refractivity contribution < 1.29 is 29.0 Å². The maximum atomic E-state index is 13.7. The fourth-order valence-electron chi connectivity index (χ4n) is 4.98. The lowest BCUT2D eigenvalue weighted by molar-refractivity contribution is -0.128. The fraction of sp³-hybridized carbons (Fsp3) is 0.323. The van der Waals surface area contributed by atoms with Crippen LogP contribution >= 0.6 is 11.8 Å². The van der Waals surface area contributed by atoms with Gasteiger partial charge in [-0.1, -0.05) is 84.6 Å². The van der Waals surface area contributed by atoms with Crippen LogP contribution in [0.3, 0.4) is 0 Å². The summed E-state index contributed by atoms with van der Waals surface area (Å²) < 4.78 is 10.7. The van der Waals surface area contributed by atoms with E-state index in [9.17, 15) is 19.5 Å². The Hall–Kier alpha value is -3.86. The second kappa shape index (κ2) is 13.7. The molecule has 1 fully saturated rings. The summed E-state index contributed by atoms with van der Waals surface area (Å²) in [4.78, 5) is 40.8. The summed E-state index contributed by atoms with van der Waals surface area (Å²) in [6, 6.07) is 24.5. The quantitative estimate of drug-likeness (QED) is 0.216. The highest BCUT2D eigenvalue weighted by molar-refractivity contribution is 8.00. The molecule has 5 atom stereocenters. The summed E-state index contributed by atoms with van der Waals surface area (Å²) in [5.41, 5.74) is 2.66. The van der Waals surface area contributed by atoms with Gasteiger partial charge in [0.25, 0.3) is 5.91 Å². The molecule has 3 aromatic carbocycles. The van der Waals surface area contributed by atoms with Gasteiger partial charge in [0, 0.05) is 24.2 Å². The van der Waals surface area contributed by atoms with Gasteiger partial charge in [-0.25, -0.2) is 4.79 Å². The number of thioether (sulfide) groups is 1. The minimum absolute atomic E-state index is 0.196. The fourth-order valence-corrected chi connectivity index (χ4v) is 5.92. The lowest BCUT2D eigenvalue weighted by atomic mass is 10.1. The first-order valence-electron chi connectivity index (χ1n) is 13.6. The topological polar surface area (TPSA) is 126 Å². The van der Waals surface area contributed by atoms with Crippen molar-refractivity contribution in [3.05, 3.63) is 102 Å². The molecule has 0 saturated carbocycles. The van der Waals surface area contributed by atoms with E-state index < -0.39 is 41.5 Å². The number of benzene rings is 3. The molecule has 41 heavy (non-hydrogen) atoms. The van der Waals surface area contributed by atoms with E-state index in [4.69, 9.17) is 9.47 Å². The Labute approximate surface area is 243 Å². The number of carbonyl (C=O) groups excluding carboxylic acids is 3. The first-order valence-corrected chi connectivity index (χ1v) is 14.5. The molecular weight excluding hydrogens is 542 g/mol. The van der Waals surface area contributed by atoms with Crippen molar-refractivity contribution in [1.82, 2.24) is 16.0 Å². The Bertz CT molecular complexity index is 1340. The summed E-state index contributed by atoms with van der Waals surface area (Å²) in [5, 5.41) is 18.1. The van der Waals surface area contributed by atoms with Crippen LogP contribution in [-0.2, 0) is 31.9 Å². The van der Waals surface area contributed by atoms with Crippen LogP contribution in [-0.4, -0.2) is 59.9 Å². The van der Waals surface area contributed by atoms with Gasteiger partial charge < -0.3 is 30.5 Å². The van der Waals surface area contributed by atoms with E-state index in [2.05, 4.69) is 16.0 Å². The molecule has 214 valence electrons. The predicted octanol–water partition coefficient (Wildman–Crippen LogP) is 3.12. The molecule has 5 rings (SSSR count). The van der Waals surface area contributed by atoms with Crippen molar-refractivity contribution >= 4 is 29.7 Å². The van der Waals surface area contributed by atoms with Gasteiger partial charge in [-0.15, -0.1) is 0 Å². The largest absolute Gasteiger partial charge is 0.444 e. The number of rotatable bonds is 10. The zero-order valence-corrected chi connectivity index (χ0v) is 23.2. The van der Waals surface area contributed by atoms with Crippen molar-refractivity contribution in [2.75, 3.05) is 13.2 Å². The van der Waals surface area contributed by atoms with Crippen LogP contribution in [0.25, 0.3) is 0 Å². The molecule has 1 saturated heterocycles. The molecule has 2 aliphatic rings. The number of aliphatic hydroxyl groups is 1. The molecule has 0 spiro atoms. The van der Waals surface area contributed by atoms with Gasteiger partial charge in [0.05, 0.1) is 25.4 Å². The lowest BCUT2D eigenvalue weighted by Crippen LogP contribution is -2.54. The van der Waals surface area contributed by atoms with Crippen molar-refractivity contribution in [2.24, 2.45) is 0 Å². The molecule has 10 heteroatoms. The maximum absolute atomic E-state index is 13.7. The van der Waals surface area contributed by atoms with Gasteiger partial charge in [-0.3, -0.25) is 9.59 Å². The van der Waals surface area contributed by atoms with E-state index in [-0.39, 0.29) is 12.5 Å². The summed E-state index contributed by atoms with van der Waals surface area (Å²) in [6.45, 7) is 0.828. The Morgan fingerprint density at radius 1 is 0.927 bits per heavy atom. The normalized spacial score (nSPS) is 20.9. The van der Waals surface area contributed by atoms with E-state index in [1.165, 1.54) is 11.8 Å². The first kappa shape index (κ1) is 28.7. The van der Waals surface area contributed by atoms with E-state index in [1.54, 1.807) is 0 Å². The van der Waals surface area contributed by atoms with Gasteiger partial charge in [-0.05, 0) is 28.8 Å². The van der Waals surface area contributed by atoms with Crippen LogP contribution in [0.4, 0.5) is 4.79 Å². The molecule has 1 unspecified atom stereocenters. The smallest absolute Gasteiger partial charge is 0.408 e. The van der Waals surface area contributed by atoms with Crippen LogP contribution in [0.5, 0.6) is 0 Å². The average Bonchev–Trinajstić information content (AvgIpc) is 3.60. The molecule has 1 heterocycles. The number of hydrogen-bond donors (Lipinski definition) is 4. The SMILES string of the molecule is O=C(N[C@@H](Cc1ccccc1)C(=O)NC(Sc1ccccc1)C(=O)N[C@H]1c2ccccc2C[C@H]1O)O[C@H]1CCOC1. The molecule has 9 nitrogen and oxygen atoms in total. The third kappa shape index (κ3) is 7.66. The Balaban J connectivity index is 1.33. The number of carbonyl (C=O) groups is 3. The predicted molar refractivity (Wildman–Crippen MR) is 154 cm³/mol. The highest BCUT2D eigenvalue weighted by atomic mass is 32.2. The molecule has 0 radical (unpaired) electrons. The second-order valence-electron chi connectivity index (χ2n) is 10.1. The summed E-state index contributed by atoms with van der Waals surface area (Å²) in [5.74, 6) is -0.999. The van der Waals surface area contributed by atoms with E-state index in [0.29, 0.717) is 26.1 Å². The maximum Gasteiger partial charge on any atom is 0.408 e. The first-order chi connectivity index (χ1) is 20.0. The number of ether oxygens (including phenoxy) is 2. The number of hydrogen-bond acceptors (Lipinski definition) is 7. The van der Waals surface area contributed by atoms with E-state index >= 15 is 0 Å². The van der Waals surface area contributed by atoms with E-state index in [1.807, 2.05) is 84.9 Å². The number of alkyl carbamates (subject to hydrolysis) is 1. The van der Waals surface area contributed by atoms with Crippen LogP contribution in [0.2, 0.25) is 0 Å². The highest BCUT2D eigenvalue weighted by Crippen LogP contribution is 2.32. The van der Waals surface area contributed by atoms with Crippen LogP contribution in [0.1, 0.15) is 29.2 Å². The Morgan fingerprint density at radius 2 is 1.63 bits per heavy atom. The van der Waals surface area contributed by atoms with Crippen LogP contribution in [0, 0.1) is 0 Å². The Kier molecular flexibility index (Phi) is 9.55. The van der Waals surface area contributed by atoms with Crippen molar-refractivity contribution in [2.45, 2.75) is 53.8 Å². The molecule has 3 aromatic rings. The Morgan fingerprint density at radius 3 is 2.37 bits per heavy atom. The molecule has 0 bridgehead atoms. The average molecular weight is 576 g/mol. The zero-order valence-electron chi connectivity index (χ0n) is 22.4. The third-order valence-corrected chi connectivity index (χ3v) is 8.18.